The number of pyridine rings is 1. The van der Waals surface area contributed by atoms with Crippen molar-refractivity contribution in [2.24, 2.45) is 0 Å². The van der Waals surface area contributed by atoms with E-state index in [4.69, 9.17) is 9.47 Å². The molecule has 0 aliphatic rings. The van der Waals surface area contributed by atoms with E-state index >= 15 is 0 Å². The molecule has 0 saturated carbocycles. The molecule has 0 unspecified atom stereocenters. The van der Waals surface area contributed by atoms with Gasteiger partial charge >= 0.3 is 6.18 Å². The molecule has 0 spiro atoms. The Balaban J connectivity index is 1.65. The fraction of sp³-hybridized carbons (Fsp3) is 0.185. The number of nitrogens with zero attached hydrogens (tertiary/aromatic N) is 1. The summed E-state index contributed by atoms with van der Waals surface area (Å²) in [5, 5.41) is 3.64. The number of carbonyl (C=O) groups is 1. The van der Waals surface area contributed by atoms with Crippen LogP contribution in [0.15, 0.2) is 72.8 Å². The Morgan fingerprint density at radius 1 is 0.943 bits per heavy atom. The summed E-state index contributed by atoms with van der Waals surface area (Å²) in [7, 11) is 3.08. The maximum absolute atomic E-state index is 13.0. The van der Waals surface area contributed by atoms with Gasteiger partial charge in [-0.3, -0.25) is 4.79 Å². The minimum Gasteiger partial charge on any atom is -0.497 e. The highest BCUT2D eigenvalue weighted by Crippen LogP contribution is 2.33. The summed E-state index contributed by atoms with van der Waals surface area (Å²) < 4.78 is 49.5. The van der Waals surface area contributed by atoms with Gasteiger partial charge in [0.2, 0.25) is 0 Å². The minimum atomic E-state index is -4.42. The average Bonchev–Trinajstić information content (AvgIpc) is 2.87. The van der Waals surface area contributed by atoms with E-state index in [1.54, 1.807) is 31.4 Å². The van der Waals surface area contributed by atoms with Gasteiger partial charge < -0.3 is 14.8 Å². The average molecular weight is 480 g/mol. The van der Waals surface area contributed by atoms with E-state index in [2.05, 4.69) is 10.3 Å². The lowest BCUT2D eigenvalue weighted by molar-refractivity contribution is -0.137. The molecule has 0 saturated heterocycles. The molecule has 1 aromatic heterocycles. The number of hydrogen-bond acceptors (Lipinski definition) is 4. The second-order valence-electron chi connectivity index (χ2n) is 7.99. The van der Waals surface area contributed by atoms with Crippen LogP contribution in [-0.4, -0.2) is 25.1 Å². The largest absolute Gasteiger partial charge is 0.497 e. The van der Waals surface area contributed by atoms with Gasteiger partial charge in [-0.1, -0.05) is 24.3 Å². The molecule has 0 radical (unpaired) electrons. The number of fused-ring (bicyclic) bond motifs is 1. The van der Waals surface area contributed by atoms with Crippen LogP contribution in [0, 0.1) is 0 Å². The molecule has 0 aliphatic carbocycles. The second kappa shape index (κ2) is 9.66. The number of rotatable bonds is 6. The standard InChI is InChI=1S/C27H23F3N2O3/c1-16(18-5-4-6-21(13-18)34-2)31-26(33)19-9-12-22-24(14-19)32-23(15-25(22)35-3)17-7-10-20(11-8-17)27(28,29)30/h4-16H,1-3H3,(H,31,33)/t16-/m0/s1. The molecule has 4 rings (SSSR count). The lowest BCUT2D eigenvalue weighted by Crippen LogP contribution is -2.26. The van der Waals surface area contributed by atoms with Crippen LogP contribution in [0.1, 0.15) is 34.5 Å². The molecule has 0 bridgehead atoms. The summed E-state index contributed by atoms with van der Waals surface area (Å²) in [5.41, 5.74) is 1.97. The van der Waals surface area contributed by atoms with Crippen LogP contribution >= 0.6 is 0 Å². The van der Waals surface area contributed by atoms with Gasteiger partial charge in [-0.2, -0.15) is 13.2 Å². The normalized spacial score (nSPS) is 12.3. The van der Waals surface area contributed by atoms with Gasteiger partial charge in [0.15, 0.2) is 0 Å². The first-order valence-electron chi connectivity index (χ1n) is 10.8. The van der Waals surface area contributed by atoms with Crippen LogP contribution < -0.4 is 14.8 Å². The molecule has 35 heavy (non-hydrogen) atoms. The lowest BCUT2D eigenvalue weighted by Gasteiger charge is -2.16. The SMILES string of the molecule is COc1cccc([C@H](C)NC(=O)c2ccc3c(OC)cc(-c4ccc(C(F)(F)F)cc4)nc3c2)c1. The topological polar surface area (TPSA) is 60.5 Å². The molecule has 1 N–H and O–H groups in total. The van der Waals surface area contributed by atoms with Crippen molar-refractivity contribution in [3.05, 3.63) is 89.5 Å². The number of amides is 1. The van der Waals surface area contributed by atoms with E-state index in [0.29, 0.717) is 39.2 Å². The number of ether oxygens (including phenoxy) is 2. The van der Waals surface area contributed by atoms with Crippen LogP contribution in [0.5, 0.6) is 11.5 Å². The third-order valence-corrected chi connectivity index (χ3v) is 5.70. The fourth-order valence-electron chi connectivity index (χ4n) is 3.76. The number of halogens is 3. The summed E-state index contributed by atoms with van der Waals surface area (Å²) in [6.45, 7) is 1.87. The number of carbonyl (C=O) groups excluding carboxylic acids is 1. The molecule has 3 aromatic carbocycles. The predicted octanol–water partition coefficient (Wildman–Crippen LogP) is 6.43. The number of methoxy groups -OCH3 is 2. The fourth-order valence-corrected chi connectivity index (χ4v) is 3.76. The van der Waals surface area contributed by atoms with Crippen LogP contribution in [0.25, 0.3) is 22.2 Å². The molecule has 1 heterocycles. The molecule has 180 valence electrons. The Kier molecular flexibility index (Phi) is 6.64. The van der Waals surface area contributed by atoms with Gasteiger partial charge in [-0.15, -0.1) is 0 Å². The lowest BCUT2D eigenvalue weighted by atomic mass is 10.0. The molecule has 1 amide bonds. The van der Waals surface area contributed by atoms with E-state index in [9.17, 15) is 18.0 Å². The van der Waals surface area contributed by atoms with Gasteiger partial charge in [0, 0.05) is 22.6 Å². The number of benzene rings is 3. The summed E-state index contributed by atoms with van der Waals surface area (Å²) in [6.07, 6.45) is -4.42. The maximum atomic E-state index is 13.0. The molecule has 0 fully saturated rings. The highest BCUT2D eigenvalue weighted by atomic mass is 19.4. The first kappa shape index (κ1) is 24.1. The third kappa shape index (κ3) is 5.21. The molecule has 4 aromatic rings. The Bertz CT molecular complexity index is 1370. The van der Waals surface area contributed by atoms with E-state index in [1.165, 1.54) is 19.2 Å². The zero-order valence-electron chi connectivity index (χ0n) is 19.3. The summed E-state index contributed by atoms with van der Waals surface area (Å²) in [6, 6.07) is 18.6. The summed E-state index contributed by atoms with van der Waals surface area (Å²) >= 11 is 0. The van der Waals surface area contributed by atoms with Gasteiger partial charge in [0.05, 0.1) is 37.0 Å². The number of nitrogens with one attached hydrogen (secondary N) is 1. The predicted molar refractivity (Wildman–Crippen MR) is 128 cm³/mol. The first-order valence-corrected chi connectivity index (χ1v) is 10.8. The Labute approximate surface area is 200 Å². The van der Waals surface area contributed by atoms with Crippen LogP contribution in [-0.2, 0) is 6.18 Å². The highest BCUT2D eigenvalue weighted by Gasteiger charge is 2.30. The number of aromatic nitrogens is 1. The summed E-state index contributed by atoms with van der Waals surface area (Å²) in [5.74, 6) is 0.908. The van der Waals surface area contributed by atoms with E-state index in [1.807, 2.05) is 31.2 Å². The van der Waals surface area contributed by atoms with E-state index in [-0.39, 0.29) is 11.9 Å². The summed E-state index contributed by atoms with van der Waals surface area (Å²) in [4.78, 5) is 17.6. The quantitative estimate of drug-likeness (QED) is 0.346. The van der Waals surface area contributed by atoms with Crippen molar-refractivity contribution >= 4 is 16.8 Å². The smallest absolute Gasteiger partial charge is 0.416 e. The molecule has 1 atom stereocenters. The van der Waals surface area contributed by atoms with Crippen molar-refractivity contribution in [1.29, 1.82) is 0 Å². The second-order valence-corrected chi connectivity index (χ2v) is 7.99. The van der Waals surface area contributed by atoms with E-state index < -0.39 is 11.7 Å². The molecule has 8 heteroatoms. The molecular weight excluding hydrogens is 457 g/mol. The van der Waals surface area contributed by atoms with Crippen molar-refractivity contribution in [3.63, 3.8) is 0 Å². The zero-order valence-corrected chi connectivity index (χ0v) is 19.3. The van der Waals surface area contributed by atoms with Crippen molar-refractivity contribution < 1.29 is 27.4 Å². The molecular formula is C27H23F3N2O3. The Morgan fingerprint density at radius 3 is 2.34 bits per heavy atom. The maximum Gasteiger partial charge on any atom is 0.416 e. The molecule has 5 nitrogen and oxygen atoms in total. The molecule has 0 aliphatic heterocycles. The first-order chi connectivity index (χ1) is 16.7. The minimum absolute atomic E-state index is 0.269. The van der Waals surface area contributed by atoms with Crippen molar-refractivity contribution in [1.82, 2.24) is 10.3 Å². The van der Waals surface area contributed by atoms with Crippen LogP contribution in [0.3, 0.4) is 0 Å². The van der Waals surface area contributed by atoms with Gasteiger partial charge in [-0.05, 0) is 55.0 Å². The van der Waals surface area contributed by atoms with Crippen LogP contribution in [0.4, 0.5) is 13.2 Å². The number of hydrogen-bond donors (Lipinski definition) is 1. The third-order valence-electron chi connectivity index (χ3n) is 5.70. The zero-order chi connectivity index (χ0) is 25.2. The van der Waals surface area contributed by atoms with Crippen molar-refractivity contribution in [2.75, 3.05) is 14.2 Å². The monoisotopic (exact) mass is 480 g/mol. The van der Waals surface area contributed by atoms with Crippen molar-refractivity contribution in [3.8, 4) is 22.8 Å². The van der Waals surface area contributed by atoms with Crippen molar-refractivity contribution in [2.45, 2.75) is 19.1 Å². The van der Waals surface area contributed by atoms with E-state index in [0.717, 1.165) is 17.7 Å². The van der Waals surface area contributed by atoms with Crippen LogP contribution in [0.2, 0.25) is 0 Å². The van der Waals surface area contributed by atoms with Gasteiger partial charge in [0.25, 0.3) is 5.91 Å². The van der Waals surface area contributed by atoms with Gasteiger partial charge in [0.1, 0.15) is 11.5 Å². The Morgan fingerprint density at radius 2 is 1.69 bits per heavy atom. The number of alkyl halides is 3. The van der Waals surface area contributed by atoms with Gasteiger partial charge in [-0.25, -0.2) is 4.98 Å². The highest BCUT2D eigenvalue weighted by molar-refractivity contribution is 5.99. The Hall–Kier alpha value is -4.07.